The van der Waals surface area contributed by atoms with Crippen LogP contribution in [0.2, 0.25) is 0 Å². The Labute approximate surface area is 174 Å². The Kier molecular flexibility index (Phi) is 7.21. The number of fused-ring (bicyclic) bond motifs is 1. The van der Waals surface area contributed by atoms with E-state index in [0.717, 1.165) is 17.5 Å². The van der Waals surface area contributed by atoms with Crippen LogP contribution in [0.5, 0.6) is 5.75 Å². The molecule has 1 amide bonds. The molecule has 0 fully saturated rings. The fourth-order valence-electron chi connectivity index (χ4n) is 3.28. The molecule has 3 N–H and O–H groups in total. The monoisotopic (exact) mass is 410 g/mol. The molecule has 1 heterocycles. The molecule has 0 unspecified atom stereocenters. The number of anilines is 1. The van der Waals surface area contributed by atoms with E-state index < -0.39 is 11.5 Å². The molecular formula is C23H26N2O5. The van der Waals surface area contributed by atoms with Gasteiger partial charge in [0.15, 0.2) is 0 Å². The number of methoxy groups -OCH3 is 1. The number of carbonyl (C=O) groups excluding carboxylic acids is 1. The lowest BCUT2D eigenvalue weighted by Crippen LogP contribution is -2.21. The van der Waals surface area contributed by atoms with E-state index in [4.69, 9.17) is 14.3 Å². The lowest BCUT2D eigenvalue weighted by Gasteiger charge is -2.11. The van der Waals surface area contributed by atoms with Crippen molar-refractivity contribution in [1.29, 1.82) is 0 Å². The highest BCUT2D eigenvalue weighted by molar-refractivity contribution is 6.05. The number of rotatable bonds is 9. The van der Waals surface area contributed by atoms with E-state index in [1.54, 1.807) is 31.4 Å². The minimum absolute atomic E-state index is 0.0520. The quantitative estimate of drug-likeness (QED) is 0.370. The first-order valence-electron chi connectivity index (χ1n) is 9.93. The van der Waals surface area contributed by atoms with Crippen LogP contribution in [0.15, 0.2) is 51.7 Å². The zero-order valence-electron chi connectivity index (χ0n) is 17.2. The summed E-state index contributed by atoms with van der Waals surface area (Å²) in [5, 5.41) is 15.3. The number of ether oxygens (including phenoxy) is 1. The van der Waals surface area contributed by atoms with Crippen molar-refractivity contribution in [1.82, 2.24) is 5.32 Å². The average Bonchev–Trinajstić information content (AvgIpc) is 2.75. The molecule has 0 aliphatic rings. The number of benzene rings is 2. The van der Waals surface area contributed by atoms with Crippen LogP contribution in [0.4, 0.5) is 5.69 Å². The molecule has 1 aromatic heterocycles. The highest BCUT2D eigenvalue weighted by Gasteiger charge is 2.17. The van der Waals surface area contributed by atoms with E-state index in [9.17, 15) is 9.59 Å². The van der Waals surface area contributed by atoms with Gasteiger partial charge in [-0.15, -0.1) is 0 Å². The fourth-order valence-corrected chi connectivity index (χ4v) is 3.28. The molecule has 0 atom stereocenters. The number of carbonyl (C=O) groups is 1. The van der Waals surface area contributed by atoms with Gasteiger partial charge in [-0.25, -0.2) is 4.79 Å². The first-order chi connectivity index (χ1) is 14.6. The van der Waals surface area contributed by atoms with Crippen LogP contribution in [-0.2, 0) is 13.0 Å². The Morgan fingerprint density at radius 2 is 1.93 bits per heavy atom. The van der Waals surface area contributed by atoms with Crippen molar-refractivity contribution in [2.45, 2.75) is 26.3 Å². The van der Waals surface area contributed by atoms with Gasteiger partial charge in [0.2, 0.25) is 0 Å². The summed E-state index contributed by atoms with van der Waals surface area (Å²) in [5.74, 6) is 0.142. The number of hydrogen-bond acceptors (Lipinski definition) is 6. The van der Waals surface area contributed by atoms with Crippen molar-refractivity contribution in [2.24, 2.45) is 0 Å². The number of aryl methyl sites for hydroxylation is 1. The normalized spacial score (nSPS) is 10.9. The Morgan fingerprint density at radius 1 is 1.17 bits per heavy atom. The van der Waals surface area contributed by atoms with E-state index in [-0.39, 0.29) is 12.2 Å². The van der Waals surface area contributed by atoms with Crippen molar-refractivity contribution in [2.75, 3.05) is 25.6 Å². The van der Waals surface area contributed by atoms with Gasteiger partial charge in [0.1, 0.15) is 16.9 Å². The molecule has 0 spiro atoms. The summed E-state index contributed by atoms with van der Waals surface area (Å²) in [6, 6.07) is 12.4. The molecule has 30 heavy (non-hydrogen) atoms. The lowest BCUT2D eigenvalue weighted by molar-refractivity contribution is 0.102. The predicted octanol–water partition coefficient (Wildman–Crippen LogP) is 3.09. The maximum atomic E-state index is 12.7. The second kappa shape index (κ2) is 10.0. The third kappa shape index (κ3) is 4.87. The van der Waals surface area contributed by atoms with Gasteiger partial charge in [-0.3, -0.25) is 4.79 Å². The van der Waals surface area contributed by atoms with Gasteiger partial charge in [0.25, 0.3) is 5.91 Å². The summed E-state index contributed by atoms with van der Waals surface area (Å²) >= 11 is 0. The van der Waals surface area contributed by atoms with E-state index in [0.29, 0.717) is 41.9 Å². The largest absolute Gasteiger partial charge is 0.496 e. The highest BCUT2D eigenvalue weighted by Crippen LogP contribution is 2.29. The molecular weight excluding hydrogens is 384 g/mol. The van der Waals surface area contributed by atoms with Gasteiger partial charge < -0.3 is 24.9 Å². The predicted molar refractivity (Wildman–Crippen MR) is 116 cm³/mol. The second-order valence-corrected chi connectivity index (χ2v) is 6.91. The van der Waals surface area contributed by atoms with Gasteiger partial charge in [0, 0.05) is 29.7 Å². The van der Waals surface area contributed by atoms with E-state index >= 15 is 0 Å². The number of amides is 1. The number of aliphatic hydroxyl groups excluding tert-OH is 1. The zero-order chi connectivity index (χ0) is 21.5. The second-order valence-electron chi connectivity index (χ2n) is 6.91. The molecule has 158 valence electrons. The fraction of sp³-hybridized carbons (Fsp3) is 0.304. The van der Waals surface area contributed by atoms with Gasteiger partial charge >= 0.3 is 5.63 Å². The standard InChI is InChI=1S/C23H26N2O5/c1-3-4-18-20(29-2)10-7-16-13-19(23(28)30-21(16)18)22(27)25-17-8-5-15(6-9-17)14-24-11-12-26/h5-10,13,24,26H,3-4,11-12,14H2,1-2H3,(H,25,27). The van der Waals surface area contributed by atoms with Crippen molar-refractivity contribution in [3.8, 4) is 5.75 Å². The summed E-state index contributed by atoms with van der Waals surface area (Å²) in [7, 11) is 1.58. The summed E-state index contributed by atoms with van der Waals surface area (Å²) in [6.07, 6.45) is 1.57. The maximum absolute atomic E-state index is 12.7. The van der Waals surface area contributed by atoms with Crippen LogP contribution in [0.3, 0.4) is 0 Å². The van der Waals surface area contributed by atoms with Crippen molar-refractivity contribution >= 4 is 22.6 Å². The van der Waals surface area contributed by atoms with Crippen molar-refractivity contribution < 1.29 is 19.1 Å². The summed E-state index contributed by atoms with van der Waals surface area (Å²) in [6.45, 7) is 3.25. The average molecular weight is 410 g/mol. The summed E-state index contributed by atoms with van der Waals surface area (Å²) in [5.41, 5.74) is 2.14. The molecule has 2 aromatic carbocycles. The molecule has 7 nitrogen and oxygen atoms in total. The number of hydrogen-bond donors (Lipinski definition) is 3. The molecule has 7 heteroatoms. The van der Waals surface area contributed by atoms with Crippen LogP contribution in [0.25, 0.3) is 11.0 Å². The first-order valence-corrected chi connectivity index (χ1v) is 9.93. The van der Waals surface area contributed by atoms with Gasteiger partial charge in [-0.1, -0.05) is 25.5 Å². The number of nitrogens with one attached hydrogen (secondary N) is 2. The Morgan fingerprint density at radius 3 is 2.60 bits per heavy atom. The zero-order valence-corrected chi connectivity index (χ0v) is 17.2. The Hall–Kier alpha value is -3.16. The van der Waals surface area contributed by atoms with Crippen LogP contribution < -0.4 is 21.0 Å². The lowest BCUT2D eigenvalue weighted by atomic mass is 10.0. The molecule has 0 saturated heterocycles. The number of aliphatic hydroxyl groups is 1. The topological polar surface area (TPSA) is 101 Å². The third-order valence-electron chi connectivity index (χ3n) is 4.76. The third-order valence-corrected chi connectivity index (χ3v) is 4.76. The summed E-state index contributed by atoms with van der Waals surface area (Å²) < 4.78 is 10.9. The first kappa shape index (κ1) is 21.5. The van der Waals surface area contributed by atoms with E-state index in [2.05, 4.69) is 10.6 Å². The molecule has 0 aliphatic heterocycles. The van der Waals surface area contributed by atoms with Crippen LogP contribution >= 0.6 is 0 Å². The molecule has 0 saturated carbocycles. The summed E-state index contributed by atoms with van der Waals surface area (Å²) in [4.78, 5) is 25.2. The van der Waals surface area contributed by atoms with E-state index in [1.807, 2.05) is 25.1 Å². The Balaban J connectivity index is 1.83. The smallest absolute Gasteiger partial charge is 0.349 e. The molecule has 0 radical (unpaired) electrons. The van der Waals surface area contributed by atoms with Gasteiger partial charge in [-0.2, -0.15) is 0 Å². The highest BCUT2D eigenvalue weighted by atomic mass is 16.5. The van der Waals surface area contributed by atoms with Crippen LogP contribution in [0.1, 0.15) is 34.8 Å². The minimum atomic E-state index is -0.685. The van der Waals surface area contributed by atoms with Gasteiger partial charge in [-0.05, 0) is 42.3 Å². The molecule has 3 aromatic rings. The minimum Gasteiger partial charge on any atom is -0.496 e. The Bertz CT molecular complexity index is 1070. The van der Waals surface area contributed by atoms with Crippen molar-refractivity contribution in [3.63, 3.8) is 0 Å². The SMILES string of the molecule is CCCc1c(OC)ccc2cc(C(=O)Nc3ccc(CNCCO)cc3)c(=O)oc12. The van der Waals surface area contributed by atoms with Gasteiger partial charge in [0.05, 0.1) is 13.7 Å². The molecule has 0 aliphatic carbocycles. The molecule has 3 rings (SSSR count). The van der Waals surface area contributed by atoms with Crippen LogP contribution in [0, 0.1) is 0 Å². The van der Waals surface area contributed by atoms with E-state index in [1.165, 1.54) is 0 Å². The van der Waals surface area contributed by atoms with Crippen LogP contribution in [-0.4, -0.2) is 31.3 Å². The van der Waals surface area contributed by atoms with Crippen molar-refractivity contribution in [3.05, 3.63) is 69.6 Å². The molecule has 0 bridgehead atoms. The maximum Gasteiger partial charge on any atom is 0.349 e.